The van der Waals surface area contributed by atoms with Crippen LogP contribution in [0.15, 0.2) is 24.3 Å². The van der Waals surface area contributed by atoms with Crippen molar-refractivity contribution in [3.8, 4) is 5.75 Å². The van der Waals surface area contributed by atoms with Crippen molar-refractivity contribution in [1.82, 2.24) is 15.5 Å². The second-order valence-electron chi connectivity index (χ2n) is 6.53. The minimum absolute atomic E-state index is 0.188. The Bertz CT molecular complexity index is 696. The molecule has 2 N–H and O–H groups in total. The molecule has 2 amide bonds. The summed E-state index contributed by atoms with van der Waals surface area (Å²) >= 11 is 1.39. The van der Waals surface area contributed by atoms with Gasteiger partial charge in [0.1, 0.15) is 10.8 Å². The molecule has 0 atom stereocenters. The van der Waals surface area contributed by atoms with Crippen LogP contribution in [0, 0.1) is 0 Å². The molecule has 0 bridgehead atoms. The van der Waals surface area contributed by atoms with E-state index in [0.29, 0.717) is 18.2 Å². The average molecular weight is 375 g/mol. The molecule has 6 nitrogen and oxygen atoms in total. The molecular formula is C19H26N4O2S. The minimum Gasteiger partial charge on any atom is -0.493 e. The maximum Gasteiger partial charge on any atom is 0.321 e. The van der Waals surface area contributed by atoms with Crippen molar-refractivity contribution in [2.45, 2.75) is 57.9 Å². The van der Waals surface area contributed by atoms with E-state index in [4.69, 9.17) is 4.74 Å². The second kappa shape index (κ2) is 9.52. The van der Waals surface area contributed by atoms with Gasteiger partial charge in [0.2, 0.25) is 5.13 Å². The number of nitrogens with one attached hydrogen (secondary N) is 2. The Morgan fingerprint density at radius 1 is 1.19 bits per heavy atom. The van der Waals surface area contributed by atoms with Gasteiger partial charge in [-0.15, -0.1) is 10.2 Å². The van der Waals surface area contributed by atoms with E-state index >= 15 is 0 Å². The highest BCUT2D eigenvalue weighted by Crippen LogP contribution is 2.19. The van der Waals surface area contributed by atoms with Gasteiger partial charge in [-0.05, 0) is 37.0 Å². The van der Waals surface area contributed by atoms with E-state index in [0.717, 1.165) is 30.0 Å². The lowest BCUT2D eigenvalue weighted by atomic mass is 9.96. The van der Waals surface area contributed by atoms with Crippen molar-refractivity contribution >= 4 is 22.5 Å². The molecule has 3 rings (SSSR count). The van der Waals surface area contributed by atoms with E-state index in [9.17, 15) is 4.79 Å². The van der Waals surface area contributed by atoms with E-state index in [1.54, 1.807) is 0 Å². The molecule has 1 saturated carbocycles. The molecule has 26 heavy (non-hydrogen) atoms. The molecule has 1 fully saturated rings. The lowest BCUT2D eigenvalue weighted by molar-refractivity contribution is 0.244. The number of urea groups is 1. The van der Waals surface area contributed by atoms with E-state index < -0.39 is 0 Å². The van der Waals surface area contributed by atoms with Crippen LogP contribution in [0.25, 0.3) is 0 Å². The zero-order chi connectivity index (χ0) is 18.2. The molecule has 0 saturated heterocycles. The number of benzene rings is 1. The number of carbonyl (C=O) groups is 1. The van der Waals surface area contributed by atoms with E-state index in [1.165, 1.54) is 36.2 Å². The van der Waals surface area contributed by atoms with Gasteiger partial charge >= 0.3 is 6.03 Å². The summed E-state index contributed by atoms with van der Waals surface area (Å²) < 4.78 is 5.74. The Hall–Kier alpha value is -2.15. The SMILES string of the molecule is CCc1ccc(OCCc2nnc(NC(=O)NC3CCCCC3)s2)cc1. The first-order chi connectivity index (χ1) is 12.7. The predicted octanol–water partition coefficient (Wildman–Crippen LogP) is 4.18. The summed E-state index contributed by atoms with van der Waals surface area (Å²) in [6.45, 7) is 2.67. The average Bonchev–Trinajstić information content (AvgIpc) is 3.10. The number of aryl methyl sites for hydroxylation is 1. The fraction of sp³-hybridized carbons (Fsp3) is 0.526. The summed E-state index contributed by atoms with van der Waals surface area (Å²) in [4.78, 5) is 12.0. The summed E-state index contributed by atoms with van der Waals surface area (Å²) in [7, 11) is 0. The number of nitrogens with zero attached hydrogens (tertiary/aromatic N) is 2. The van der Waals surface area contributed by atoms with Crippen molar-refractivity contribution in [3.05, 3.63) is 34.8 Å². The zero-order valence-corrected chi connectivity index (χ0v) is 16.0. The van der Waals surface area contributed by atoms with Crippen LogP contribution < -0.4 is 15.4 Å². The highest BCUT2D eigenvalue weighted by atomic mass is 32.1. The molecule has 140 valence electrons. The quantitative estimate of drug-likeness (QED) is 0.762. The third kappa shape index (κ3) is 5.69. The van der Waals surface area contributed by atoms with E-state index in [1.807, 2.05) is 12.1 Å². The highest BCUT2D eigenvalue weighted by Gasteiger charge is 2.16. The van der Waals surface area contributed by atoms with Crippen molar-refractivity contribution in [2.75, 3.05) is 11.9 Å². The molecule has 0 spiro atoms. The van der Waals surface area contributed by atoms with Gasteiger partial charge in [-0.2, -0.15) is 0 Å². The predicted molar refractivity (Wildman–Crippen MR) is 104 cm³/mol. The van der Waals surface area contributed by atoms with Gasteiger partial charge in [0.15, 0.2) is 0 Å². The molecule has 0 radical (unpaired) electrons. The number of hydrogen-bond donors (Lipinski definition) is 2. The van der Waals surface area contributed by atoms with Crippen molar-refractivity contribution in [2.24, 2.45) is 0 Å². The number of amides is 2. The monoisotopic (exact) mass is 374 g/mol. The van der Waals surface area contributed by atoms with Gasteiger partial charge in [0, 0.05) is 12.5 Å². The van der Waals surface area contributed by atoms with Gasteiger partial charge in [-0.1, -0.05) is 49.7 Å². The normalized spacial score (nSPS) is 14.8. The molecule has 1 aromatic carbocycles. The molecule has 0 aliphatic heterocycles. The van der Waals surface area contributed by atoms with Crippen LogP contribution in [0.2, 0.25) is 0 Å². The van der Waals surface area contributed by atoms with Crippen molar-refractivity contribution < 1.29 is 9.53 Å². The number of carbonyl (C=O) groups excluding carboxylic acids is 1. The number of anilines is 1. The van der Waals surface area contributed by atoms with Crippen molar-refractivity contribution in [1.29, 1.82) is 0 Å². The van der Waals surface area contributed by atoms with Crippen LogP contribution in [0.1, 0.15) is 49.6 Å². The Morgan fingerprint density at radius 3 is 2.69 bits per heavy atom. The number of rotatable bonds is 7. The number of ether oxygens (including phenoxy) is 1. The van der Waals surface area contributed by atoms with Gasteiger partial charge in [-0.25, -0.2) is 4.79 Å². The maximum atomic E-state index is 12.0. The van der Waals surface area contributed by atoms with Crippen LogP contribution in [0.4, 0.5) is 9.93 Å². The van der Waals surface area contributed by atoms with E-state index in [2.05, 4.69) is 39.9 Å². The smallest absolute Gasteiger partial charge is 0.321 e. The summed E-state index contributed by atoms with van der Waals surface area (Å²) in [6, 6.07) is 8.22. The van der Waals surface area contributed by atoms with Crippen LogP contribution in [0.3, 0.4) is 0 Å². The first kappa shape index (κ1) is 18.6. The second-order valence-corrected chi connectivity index (χ2v) is 7.59. The summed E-state index contributed by atoms with van der Waals surface area (Å²) in [5.41, 5.74) is 1.30. The Labute approximate surface area is 158 Å². The molecule has 7 heteroatoms. The molecule has 0 unspecified atom stereocenters. The lowest BCUT2D eigenvalue weighted by Crippen LogP contribution is -2.38. The van der Waals surface area contributed by atoms with Crippen LogP contribution >= 0.6 is 11.3 Å². The molecule has 1 aliphatic rings. The zero-order valence-electron chi connectivity index (χ0n) is 15.2. The fourth-order valence-electron chi connectivity index (χ4n) is 3.05. The van der Waals surface area contributed by atoms with Gasteiger partial charge in [-0.3, -0.25) is 5.32 Å². The van der Waals surface area contributed by atoms with E-state index in [-0.39, 0.29) is 12.1 Å². The first-order valence-corrected chi connectivity index (χ1v) is 10.2. The first-order valence-electron chi connectivity index (χ1n) is 9.34. The van der Waals surface area contributed by atoms with Gasteiger partial charge in [0.25, 0.3) is 0 Å². The highest BCUT2D eigenvalue weighted by molar-refractivity contribution is 7.15. The minimum atomic E-state index is -0.188. The maximum absolute atomic E-state index is 12.0. The van der Waals surface area contributed by atoms with Crippen LogP contribution in [-0.4, -0.2) is 28.9 Å². The third-order valence-electron chi connectivity index (χ3n) is 4.54. The molecule has 1 heterocycles. The largest absolute Gasteiger partial charge is 0.493 e. The fourth-order valence-corrected chi connectivity index (χ4v) is 3.76. The van der Waals surface area contributed by atoms with Crippen LogP contribution in [0.5, 0.6) is 5.75 Å². The summed E-state index contributed by atoms with van der Waals surface area (Å²) in [5, 5.41) is 15.3. The molecule has 1 aromatic heterocycles. The number of hydrogen-bond acceptors (Lipinski definition) is 5. The molecule has 1 aliphatic carbocycles. The van der Waals surface area contributed by atoms with Crippen LogP contribution in [-0.2, 0) is 12.8 Å². The summed E-state index contributed by atoms with van der Waals surface area (Å²) in [6.07, 6.45) is 7.46. The summed E-state index contributed by atoms with van der Waals surface area (Å²) in [5.74, 6) is 0.858. The van der Waals surface area contributed by atoms with Gasteiger partial charge < -0.3 is 10.1 Å². The lowest BCUT2D eigenvalue weighted by Gasteiger charge is -2.22. The topological polar surface area (TPSA) is 76.1 Å². The molecular weight excluding hydrogens is 348 g/mol. The van der Waals surface area contributed by atoms with Crippen molar-refractivity contribution in [3.63, 3.8) is 0 Å². The molecule has 2 aromatic rings. The Balaban J connectivity index is 1.40. The Morgan fingerprint density at radius 2 is 1.96 bits per heavy atom. The third-order valence-corrected chi connectivity index (χ3v) is 5.44. The van der Waals surface area contributed by atoms with Gasteiger partial charge in [0.05, 0.1) is 6.61 Å². The standard InChI is InChI=1S/C19H26N4O2S/c1-2-14-8-10-16(11-9-14)25-13-12-17-22-23-19(26-17)21-18(24)20-15-6-4-3-5-7-15/h8-11,15H,2-7,12-13H2,1H3,(H2,20,21,23,24). The number of aromatic nitrogens is 2. The Kier molecular flexibility index (Phi) is 6.82.